The third-order valence-electron chi connectivity index (χ3n) is 2.99. The van der Waals surface area contributed by atoms with Crippen LogP contribution in [0.3, 0.4) is 0 Å². The summed E-state index contributed by atoms with van der Waals surface area (Å²) in [6.07, 6.45) is -7.80. The second-order valence-electron chi connectivity index (χ2n) is 4.82. The van der Waals surface area contributed by atoms with Gasteiger partial charge in [0.25, 0.3) is 0 Å². The van der Waals surface area contributed by atoms with Crippen molar-refractivity contribution in [3.05, 3.63) is 0 Å². The Morgan fingerprint density at radius 2 is 0.643 bits per heavy atom. The van der Waals surface area contributed by atoms with Gasteiger partial charge in [-0.2, -0.15) is 74.6 Å². The molecule has 0 aliphatic carbocycles. The predicted octanol–water partition coefficient (Wildman–Crippen LogP) is 5.88. The topological polar surface area (TPSA) is 20.2 Å². The number of thiocarbonyl (C=S) groups is 1. The molecule has 0 aromatic heterocycles. The van der Waals surface area contributed by atoms with E-state index in [-0.39, 0.29) is 0 Å². The van der Waals surface area contributed by atoms with Gasteiger partial charge in [0, 0.05) is 0 Å². The fourth-order valence-corrected chi connectivity index (χ4v) is 1.43. The molecule has 0 aliphatic rings. The van der Waals surface area contributed by atoms with Crippen LogP contribution in [0.25, 0.3) is 0 Å². The molecule has 0 aliphatic heterocycles. The van der Waals surface area contributed by atoms with Gasteiger partial charge in [-0.3, -0.25) is 0 Å². The second-order valence-corrected chi connectivity index (χ2v) is 5.21. The van der Waals surface area contributed by atoms with Gasteiger partial charge < -0.3 is 5.11 Å². The highest BCUT2D eigenvalue weighted by atomic mass is 32.1. The predicted molar refractivity (Wildman–Crippen MR) is 55.9 cm³/mol. The van der Waals surface area contributed by atoms with Gasteiger partial charge in [0.15, 0.2) is 0 Å². The Hall–Kier alpha value is -1.30. The normalized spacial score (nSPS) is 16.3. The fraction of sp³-hybridized carbons (Fsp3) is 0.889. The molecule has 28 heavy (non-hydrogen) atoms. The Morgan fingerprint density at radius 1 is 0.429 bits per heavy atom. The molecule has 0 atom stereocenters. The van der Waals surface area contributed by atoms with Crippen LogP contribution in [0.4, 0.5) is 74.6 Å². The lowest BCUT2D eigenvalue weighted by atomic mass is 9.89. The van der Waals surface area contributed by atoms with E-state index < -0.39 is 52.7 Å². The zero-order chi connectivity index (χ0) is 23.6. The van der Waals surface area contributed by atoms with Crippen molar-refractivity contribution in [2.45, 2.75) is 47.6 Å². The highest BCUT2D eigenvalue weighted by molar-refractivity contribution is 7.80. The number of hydrogen-bond donors (Lipinski definition) is 1. The smallest absolute Gasteiger partial charge is 0.460 e. The van der Waals surface area contributed by atoms with Gasteiger partial charge in [0.2, 0.25) is 5.05 Å². The summed E-state index contributed by atoms with van der Waals surface area (Å²) in [6, 6.07) is 0. The zero-order valence-electron chi connectivity index (χ0n) is 11.8. The molecule has 0 heterocycles. The Balaban J connectivity index is 6.76. The second kappa shape index (κ2) is 6.35. The molecule has 1 nitrogen and oxygen atoms in total. The standard InChI is InChI=1S/C9HF17OS/c10-2(11,1(27)28)3(12,13)4(14,15)5(16,17)6(18,19)7(20,21)8(22,23)9(24,25)26/h(H,27,28). The number of rotatable bonds is 7. The molecule has 0 rings (SSSR count). The molecule has 0 saturated carbocycles. The third-order valence-corrected chi connectivity index (χ3v) is 3.25. The van der Waals surface area contributed by atoms with Crippen LogP contribution in [0.2, 0.25) is 0 Å². The lowest BCUT2D eigenvalue weighted by molar-refractivity contribution is -0.459. The number of alkyl halides is 17. The van der Waals surface area contributed by atoms with Crippen molar-refractivity contribution in [2.24, 2.45) is 0 Å². The molecular weight excluding hydrogens is 479 g/mol. The zero-order valence-corrected chi connectivity index (χ0v) is 12.6. The first-order valence-corrected chi connectivity index (χ1v) is 6.05. The lowest BCUT2D eigenvalue weighted by Crippen LogP contribution is -2.75. The Bertz CT molecular complexity index is 617. The van der Waals surface area contributed by atoms with Gasteiger partial charge in [0.05, 0.1) is 0 Å². The van der Waals surface area contributed by atoms with Crippen LogP contribution < -0.4 is 0 Å². The summed E-state index contributed by atoms with van der Waals surface area (Å²) in [5, 5.41) is 4.41. The average Bonchev–Trinajstić information content (AvgIpc) is 2.44. The minimum atomic E-state index is -8.70. The van der Waals surface area contributed by atoms with Crippen molar-refractivity contribution in [2.75, 3.05) is 0 Å². The van der Waals surface area contributed by atoms with Crippen LogP contribution in [-0.2, 0) is 0 Å². The molecule has 0 amide bonds. The summed E-state index contributed by atoms with van der Waals surface area (Å²) in [7, 11) is 0. The molecule has 0 fully saturated rings. The van der Waals surface area contributed by atoms with Crippen LogP contribution in [0.1, 0.15) is 0 Å². The van der Waals surface area contributed by atoms with E-state index in [0.717, 1.165) is 0 Å². The van der Waals surface area contributed by atoms with Crippen molar-refractivity contribution in [3.63, 3.8) is 0 Å². The first-order chi connectivity index (χ1) is 11.7. The first-order valence-electron chi connectivity index (χ1n) is 5.64. The number of aliphatic hydroxyl groups is 1. The third kappa shape index (κ3) is 3.03. The minimum Gasteiger partial charge on any atom is -0.498 e. The van der Waals surface area contributed by atoms with Gasteiger partial charge in [0.1, 0.15) is 0 Å². The van der Waals surface area contributed by atoms with Crippen molar-refractivity contribution >= 4 is 17.3 Å². The van der Waals surface area contributed by atoms with E-state index in [4.69, 9.17) is 5.11 Å². The van der Waals surface area contributed by atoms with Crippen LogP contribution >= 0.6 is 12.2 Å². The van der Waals surface area contributed by atoms with Crippen molar-refractivity contribution in [1.82, 2.24) is 0 Å². The molecule has 0 aromatic carbocycles. The summed E-state index contributed by atoms with van der Waals surface area (Å²) in [5.41, 5.74) is 0. The maximum Gasteiger partial charge on any atom is 0.460 e. The lowest BCUT2D eigenvalue weighted by Gasteiger charge is -2.42. The highest BCUT2D eigenvalue weighted by Gasteiger charge is 2.95. The Kier molecular flexibility index (Phi) is 6.05. The van der Waals surface area contributed by atoms with Crippen LogP contribution in [0, 0.1) is 0 Å². The SMILES string of the molecule is OC(=S)C(F)(F)C(F)(F)C(F)(F)C(F)(F)C(F)(F)C(F)(F)C(F)(F)C(F)(F)F. The maximum atomic E-state index is 13.1. The van der Waals surface area contributed by atoms with E-state index in [9.17, 15) is 74.6 Å². The van der Waals surface area contributed by atoms with E-state index in [1.807, 2.05) is 0 Å². The van der Waals surface area contributed by atoms with Crippen LogP contribution in [0.5, 0.6) is 0 Å². The Labute approximate surface area is 146 Å². The summed E-state index contributed by atoms with van der Waals surface area (Å²) < 4.78 is 215. The van der Waals surface area contributed by atoms with E-state index in [0.29, 0.717) is 0 Å². The van der Waals surface area contributed by atoms with Gasteiger partial charge >= 0.3 is 47.6 Å². The quantitative estimate of drug-likeness (QED) is 0.363. The molecule has 19 heteroatoms. The van der Waals surface area contributed by atoms with E-state index in [2.05, 4.69) is 12.2 Å². The van der Waals surface area contributed by atoms with Crippen LogP contribution in [-0.4, -0.2) is 57.8 Å². The van der Waals surface area contributed by atoms with Crippen molar-refractivity contribution in [1.29, 1.82) is 0 Å². The average molecular weight is 480 g/mol. The molecule has 1 N–H and O–H groups in total. The molecular formula is C9HF17OS. The largest absolute Gasteiger partial charge is 0.498 e. The molecule has 0 spiro atoms. The van der Waals surface area contributed by atoms with Crippen molar-refractivity contribution < 1.29 is 79.7 Å². The maximum absolute atomic E-state index is 13.1. The monoisotopic (exact) mass is 480 g/mol. The summed E-state index contributed by atoms with van der Waals surface area (Å²) in [4.78, 5) is 0. The van der Waals surface area contributed by atoms with Gasteiger partial charge in [-0.25, -0.2) is 0 Å². The minimum absolute atomic E-state index is 2.89. The molecule has 168 valence electrons. The number of aliphatic hydroxyl groups excluding tert-OH is 1. The first kappa shape index (κ1) is 26.7. The molecule has 0 radical (unpaired) electrons. The molecule has 0 saturated heterocycles. The van der Waals surface area contributed by atoms with Crippen molar-refractivity contribution in [3.8, 4) is 0 Å². The Morgan fingerprint density at radius 3 is 0.857 bits per heavy atom. The summed E-state index contributed by atoms with van der Waals surface area (Å²) in [6.45, 7) is 0. The van der Waals surface area contributed by atoms with Crippen LogP contribution in [0.15, 0.2) is 0 Å². The molecule has 0 unspecified atom stereocenters. The van der Waals surface area contributed by atoms with E-state index >= 15 is 0 Å². The molecule has 0 aromatic rings. The van der Waals surface area contributed by atoms with Gasteiger partial charge in [-0.1, -0.05) is 0 Å². The number of hydrogen-bond acceptors (Lipinski definition) is 1. The number of halogens is 17. The summed E-state index contributed by atoms with van der Waals surface area (Å²) in [5.74, 6) is -57.6. The van der Waals surface area contributed by atoms with Gasteiger partial charge in [-0.05, 0) is 12.2 Å². The van der Waals surface area contributed by atoms with E-state index in [1.165, 1.54) is 0 Å². The molecule has 0 bridgehead atoms. The van der Waals surface area contributed by atoms with Gasteiger partial charge in [-0.15, -0.1) is 0 Å². The summed E-state index contributed by atoms with van der Waals surface area (Å²) >= 11 is 2.89. The fourth-order valence-electron chi connectivity index (χ4n) is 1.30. The van der Waals surface area contributed by atoms with E-state index in [1.54, 1.807) is 0 Å². The highest BCUT2D eigenvalue weighted by Crippen LogP contribution is 2.63.